The van der Waals surface area contributed by atoms with Gasteiger partial charge in [0.2, 0.25) is 5.91 Å². The van der Waals surface area contributed by atoms with Crippen LogP contribution in [0.4, 0.5) is 9.18 Å². The lowest BCUT2D eigenvalue weighted by molar-refractivity contribution is -0.124. The Balaban J connectivity index is 1.60. The van der Waals surface area contributed by atoms with Crippen LogP contribution in [0.5, 0.6) is 0 Å². The highest BCUT2D eigenvalue weighted by molar-refractivity contribution is 8.18. The van der Waals surface area contributed by atoms with E-state index in [-0.39, 0.29) is 41.9 Å². The Morgan fingerprint density at radius 1 is 1.30 bits per heavy atom. The molecule has 1 aliphatic carbocycles. The lowest BCUT2D eigenvalue weighted by Crippen LogP contribution is -2.37. The summed E-state index contributed by atoms with van der Waals surface area (Å²) in [6.45, 7) is 0.418. The molecule has 2 fully saturated rings. The molecule has 1 aliphatic heterocycles. The third-order valence-corrected chi connectivity index (χ3v) is 4.53. The summed E-state index contributed by atoms with van der Waals surface area (Å²) in [5.74, 6) is -0.659. The summed E-state index contributed by atoms with van der Waals surface area (Å²) in [5.41, 5.74) is 0.652. The van der Waals surface area contributed by atoms with E-state index in [0.29, 0.717) is 10.5 Å². The second-order valence-corrected chi connectivity index (χ2v) is 6.44. The van der Waals surface area contributed by atoms with Crippen LogP contribution in [-0.4, -0.2) is 35.0 Å². The summed E-state index contributed by atoms with van der Waals surface area (Å²) < 4.78 is 12.9. The smallest absolute Gasteiger partial charge is 0.293 e. The second-order valence-electron chi connectivity index (χ2n) is 5.45. The van der Waals surface area contributed by atoms with E-state index in [1.165, 1.54) is 12.1 Å². The lowest BCUT2D eigenvalue weighted by Gasteiger charge is -2.12. The van der Waals surface area contributed by atoms with E-state index in [1.807, 2.05) is 0 Å². The molecule has 0 radical (unpaired) electrons. The van der Waals surface area contributed by atoms with Crippen LogP contribution < -0.4 is 5.32 Å². The Labute approximate surface area is 136 Å². The van der Waals surface area contributed by atoms with Crippen molar-refractivity contribution in [1.29, 1.82) is 0 Å². The van der Waals surface area contributed by atoms with Gasteiger partial charge >= 0.3 is 0 Å². The predicted molar refractivity (Wildman–Crippen MR) is 84.8 cm³/mol. The van der Waals surface area contributed by atoms with E-state index in [2.05, 4.69) is 5.32 Å². The molecule has 1 N–H and O–H groups in total. The number of benzene rings is 1. The number of nitrogens with zero attached hydrogens (tertiary/aromatic N) is 1. The fourth-order valence-corrected chi connectivity index (χ4v) is 3.05. The first-order valence-electron chi connectivity index (χ1n) is 7.33. The van der Waals surface area contributed by atoms with Crippen LogP contribution in [0, 0.1) is 11.7 Å². The standard InChI is InChI=1S/C16H15FN2O3S/c17-12-5-1-10(2-6-12)9-13-15(21)19(16(22)23-13)8-7-18-14(20)11-3-4-11/h1-2,5-6,9,11H,3-4,7-8H2,(H,18,20). The molecule has 0 unspecified atom stereocenters. The molecule has 1 heterocycles. The van der Waals surface area contributed by atoms with Gasteiger partial charge in [-0.25, -0.2) is 4.39 Å². The van der Waals surface area contributed by atoms with E-state index in [4.69, 9.17) is 0 Å². The number of hydrogen-bond acceptors (Lipinski definition) is 4. The molecule has 0 spiro atoms. The Morgan fingerprint density at radius 3 is 2.65 bits per heavy atom. The van der Waals surface area contributed by atoms with Crippen molar-refractivity contribution in [3.05, 3.63) is 40.6 Å². The molecule has 1 aromatic rings. The van der Waals surface area contributed by atoms with E-state index >= 15 is 0 Å². The number of carbonyl (C=O) groups is 3. The summed E-state index contributed by atoms with van der Waals surface area (Å²) in [6.07, 6.45) is 3.38. The van der Waals surface area contributed by atoms with Gasteiger partial charge in [0.25, 0.3) is 11.1 Å². The highest BCUT2D eigenvalue weighted by atomic mass is 32.2. The van der Waals surface area contributed by atoms with Gasteiger partial charge in [0, 0.05) is 19.0 Å². The highest BCUT2D eigenvalue weighted by Crippen LogP contribution is 2.32. The number of nitrogens with one attached hydrogen (secondary N) is 1. The molecule has 5 nitrogen and oxygen atoms in total. The molecule has 1 saturated carbocycles. The van der Waals surface area contributed by atoms with Gasteiger partial charge in [-0.05, 0) is 48.4 Å². The number of hydrogen-bond donors (Lipinski definition) is 1. The summed E-state index contributed by atoms with van der Waals surface area (Å²) in [5, 5.41) is 2.37. The second kappa shape index (κ2) is 6.54. The maximum atomic E-state index is 12.9. The minimum Gasteiger partial charge on any atom is -0.354 e. The maximum Gasteiger partial charge on any atom is 0.293 e. The van der Waals surface area contributed by atoms with Crippen LogP contribution in [0.3, 0.4) is 0 Å². The average Bonchev–Trinajstić information content (AvgIpc) is 3.33. The van der Waals surface area contributed by atoms with Gasteiger partial charge in [0.05, 0.1) is 4.91 Å². The number of carbonyl (C=O) groups excluding carboxylic acids is 3. The molecule has 7 heteroatoms. The molecule has 2 aliphatic rings. The Kier molecular flexibility index (Phi) is 4.47. The van der Waals surface area contributed by atoms with Gasteiger partial charge in [0.1, 0.15) is 5.82 Å². The monoisotopic (exact) mass is 334 g/mol. The van der Waals surface area contributed by atoms with Gasteiger partial charge in [-0.3, -0.25) is 19.3 Å². The summed E-state index contributed by atoms with van der Waals surface area (Å²) >= 11 is 0.850. The van der Waals surface area contributed by atoms with Crippen molar-refractivity contribution in [3.8, 4) is 0 Å². The highest BCUT2D eigenvalue weighted by Gasteiger charge is 2.35. The maximum absolute atomic E-state index is 12.9. The normalized spacial score (nSPS) is 19.5. The fourth-order valence-electron chi connectivity index (χ4n) is 2.18. The zero-order valence-electron chi connectivity index (χ0n) is 12.3. The molecule has 1 saturated heterocycles. The Bertz CT molecular complexity index is 683. The van der Waals surface area contributed by atoms with Gasteiger partial charge in [0.15, 0.2) is 0 Å². The largest absolute Gasteiger partial charge is 0.354 e. The first-order chi connectivity index (χ1) is 11.0. The minimum atomic E-state index is -0.384. The molecular formula is C16H15FN2O3S. The third kappa shape index (κ3) is 3.79. The zero-order valence-corrected chi connectivity index (χ0v) is 13.1. The van der Waals surface area contributed by atoms with E-state index in [9.17, 15) is 18.8 Å². The molecule has 3 amide bonds. The van der Waals surface area contributed by atoms with Crippen LogP contribution in [0.25, 0.3) is 6.08 Å². The molecule has 120 valence electrons. The molecule has 0 bridgehead atoms. The van der Waals surface area contributed by atoms with Crippen LogP contribution in [-0.2, 0) is 9.59 Å². The van der Waals surface area contributed by atoms with E-state index < -0.39 is 0 Å². The third-order valence-electron chi connectivity index (χ3n) is 3.62. The zero-order chi connectivity index (χ0) is 16.4. The number of amides is 3. The molecule has 0 aromatic heterocycles. The summed E-state index contributed by atoms with van der Waals surface area (Å²) in [7, 11) is 0. The van der Waals surface area contributed by atoms with Crippen molar-refractivity contribution >= 4 is 34.9 Å². The number of rotatable bonds is 5. The van der Waals surface area contributed by atoms with Gasteiger partial charge < -0.3 is 5.32 Å². The predicted octanol–water partition coefficient (Wildman–Crippen LogP) is 2.39. The quantitative estimate of drug-likeness (QED) is 0.840. The first-order valence-corrected chi connectivity index (χ1v) is 8.15. The SMILES string of the molecule is O=C(NCCN1C(=O)SC(=Cc2ccc(F)cc2)C1=O)C1CC1. The Hall–Kier alpha value is -2.15. The van der Waals surface area contributed by atoms with Crippen molar-refractivity contribution in [2.45, 2.75) is 12.8 Å². The number of thioether (sulfide) groups is 1. The topological polar surface area (TPSA) is 66.5 Å². The molecular weight excluding hydrogens is 319 g/mol. The average molecular weight is 334 g/mol. The first kappa shape index (κ1) is 15.7. The summed E-state index contributed by atoms with van der Waals surface area (Å²) in [6, 6.07) is 5.67. The number of halogens is 1. The number of imide groups is 1. The van der Waals surface area contributed by atoms with Gasteiger partial charge in [-0.15, -0.1) is 0 Å². The van der Waals surface area contributed by atoms with Crippen molar-refractivity contribution in [2.24, 2.45) is 5.92 Å². The van der Waals surface area contributed by atoms with Crippen molar-refractivity contribution in [2.75, 3.05) is 13.1 Å². The van der Waals surface area contributed by atoms with Gasteiger partial charge in [-0.2, -0.15) is 0 Å². The molecule has 0 atom stereocenters. The van der Waals surface area contributed by atoms with Crippen LogP contribution in [0.15, 0.2) is 29.2 Å². The van der Waals surface area contributed by atoms with E-state index in [1.54, 1.807) is 18.2 Å². The van der Waals surface area contributed by atoms with Crippen molar-refractivity contribution in [3.63, 3.8) is 0 Å². The Morgan fingerprint density at radius 2 is 2.00 bits per heavy atom. The summed E-state index contributed by atoms with van der Waals surface area (Å²) in [4.78, 5) is 37.1. The minimum absolute atomic E-state index is 0.0150. The van der Waals surface area contributed by atoms with Crippen LogP contribution in [0.2, 0.25) is 0 Å². The molecule has 1 aromatic carbocycles. The molecule has 3 rings (SSSR count). The fraction of sp³-hybridized carbons (Fsp3) is 0.312. The van der Waals surface area contributed by atoms with Crippen LogP contribution in [0.1, 0.15) is 18.4 Å². The van der Waals surface area contributed by atoms with Gasteiger partial charge in [-0.1, -0.05) is 12.1 Å². The van der Waals surface area contributed by atoms with Crippen molar-refractivity contribution in [1.82, 2.24) is 10.2 Å². The van der Waals surface area contributed by atoms with E-state index in [0.717, 1.165) is 29.5 Å². The lowest BCUT2D eigenvalue weighted by atomic mass is 10.2. The van der Waals surface area contributed by atoms with Crippen LogP contribution >= 0.6 is 11.8 Å². The van der Waals surface area contributed by atoms with Crippen molar-refractivity contribution < 1.29 is 18.8 Å². The molecule has 23 heavy (non-hydrogen) atoms.